The number of piperidine rings is 1. The molecule has 5 heteroatoms. The van der Waals surface area contributed by atoms with Gasteiger partial charge in [0.25, 0.3) is 0 Å². The molecule has 0 atom stereocenters. The van der Waals surface area contributed by atoms with Crippen LogP contribution in [0.25, 0.3) is 0 Å². The van der Waals surface area contributed by atoms with Crippen LogP contribution in [0, 0.1) is 12.3 Å². The van der Waals surface area contributed by atoms with Crippen LogP contribution in [0.3, 0.4) is 0 Å². The lowest BCUT2D eigenvalue weighted by molar-refractivity contribution is 0.0696. The highest BCUT2D eigenvalue weighted by Gasteiger charge is 2.34. The van der Waals surface area contributed by atoms with Crippen LogP contribution >= 0.6 is 0 Å². The second-order valence-electron chi connectivity index (χ2n) is 5.91. The maximum absolute atomic E-state index is 11.5. The molecular weight excluding hydrogens is 254 g/mol. The van der Waals surface area contributed by atoms with E-state index in [2.05, 4.69) is 23.8 Å². The summed E-state index contributed by atoms with van der Waals surface area (Å²) in [5.41, 5.74) is 1.39. The monoisotopic (exact) mass is 279 g/mol. The topological polar surface area (TPSA) is 58.4 Å². The number of rotatable bonds is 4. The Balaban J connectivity index is 2.25. The summed E-state index contributed by atoms with van der Waals surface area (Å²) < 4.78 is 1.71. The van der Waals surface area contributed by atoms with E-state index >= 15 is 0 Å². The second kappa shape index (κ2) is 5.46. The van der Waals surface area contributed by atoms with Gasteiger partial charge in [0.05, 0.1) is 5.69 Å². The molecule has 0 bridgehead atoms. The van der Waals surface area contributed by atoms with Crippen LogP contribution in [-0.4, -0.2) is 33.9 Å². The van der Waals surface area contributed by atoms with Crippen LogP contribution in [0.1, 0.15) is 55.6 Å². The predicted octanol–water partition coefficient (Wildman–Crippen LogP) is 2.83. The number of hydrogen-bond acceptors (Lipinski definition) is 3. The van der Waals surface area contributed by atoms with Crippen LogP contribution in [0.5, 0.6) is 0 Å². The molecule has 0 amide bonds. The van der Waals surface area contributed by atoms with E-state index in [0.29, 0.717) is 16.7 Å². The molecule has 1 N–H and O–H groups in total. The molecule has 20 heavy (non-hydrogen) atoms. The van der Waals surface area contributed by atoms with Gasteiger partial charge < -0.3 is 10.0 Å². The second-order valence-corrected chi connectivity index (χ2v) is 5.91. The fraction of sp³-hybridized carbons (Fsp3) is 0.733. The third kappa shape index (κ3) is 2.41. The van der Waals surface area contributed by atoms with Gasteiger partial charge in [0.2, 0.25) is 0 Å². The molecule has 0 unspecified atom stereocenters. The average Bonchev–Trinajstić information content (AvgIpc) is 2.73. The molecule has 112 valence electrons. The summed E-state index contributed by atoms with van der Waals surface area (Å²) in [5, 5.41) is 13.7. The third-order valence-electron chi connectivity index (χ3n) is 5.03. The van der Waals surface area contributed by atoms with Crippen molar-refractivity contribution in [1.82, 2.24) is 9.78 Å². The maximum Gasteiger partial charge on any atom is 0.341 e. The Morgan fingerprint density at radius 1 is 1.30 bits per heavy atom. The molecule has 0 radical (unpaired) electrons. The van der Waals surface area contributed by atoms with Crippen molar-refractivity contribution in [2.24, 2.45) is 12.5 Å². The molecule has 0 aromatic carbocycles. The highest BCUT2D eigenvalue weighted by atomic mass is 16.4. The van der Waals surface area contributed by atoms with Crippen molar-refractivity contribution < 1.29 is 9.90 Å². The van der Waals surface area contributed by atoms with Gasteiger partial charge >= 0.3 is 5.97 Å². The summed E-state index contributed by atoms with van der Waals surface area (Å²) in [7, 11) is 1.83. The summed E-state index contributed by atoms with van der Waals surface area (Å²) >= 11 is 0. The van der Waals surface area contributed by atoms with Gasteiger partial charge in [0, 0.05) is 20.1 Å². The summed E-state index contributed by atoms with van der Waals surface area (Å²) in [5.74, 6) is -0.121. The number of aryl methyl sites for hydroxylation is 2. The number of nitrogens with zero attached hydrogens (tertiary/aromatic N) is 3. The highest BCUT2D eigenvalue weighted by molar-refractivity contribution is 5.94. The standard InChI is InChI=1S/C15H25N3O2/c1-5-15(6-2)7-9-18(10-8-15)13-12(14(19)20)11(3)16-17(13)4/h5-10H2,1-4H3,(H,19,20). The van der Waals surface area contributed by atoms with Crippen molar-refractivity contribution in [3.63, 3.8) is 0 Å². The Hall–Kier alpha value is -1.52. The highest BCUT2D eigenvalue weighted by Crippen LogP contribution is 2.39. The third-order valence-corrected chi connectivity index (χ3v) is 5.03. The lowest BCUT2D eigenvalue weighted by atomic mass is 9.74. The lowest BCUT2D eigenvalue weighted by Gasteiger charge is -2.41. The molecule has 0 saturated carbocycles. The van der Waals surface area contributed by atoms with Gasteiger partial charge in [-0.25, -0.2) is 4.79 Å². The van der Waals surface area contributed by atoms with Crippen molar-refractivity contribution in [3.8, 4) is 0 Å². The van der Waals surface area contributed by atoms with Crippen molar-refractivity contribution in [2.75, 3.05) is 18.0 Å². The molecule has 5 nitrogen and oxygen atoms in total. The minimum atomic E-state index is -0.881. The molecule has 1 aromatic rings. The molecule has 1 aliphatic rings. The summed E-state index contributed by atoms with van der Waals surface area (Å²) in [6, 6.07) is 0. The van der Waals surface area contributed by atoms with Crippen LogP contribution in [-0.2, 0) is 7.05 Å². The Kier molecular flexibility index (Phi) is 4.06. The van der Waals surface area contributed by atoms with Crippen molar-refractivity contribution in [2.45, 2.75) is 46.5 Å². The van der Waals surface area contributed by atoms with E-state index in [1.54, 1.807) is 11.6 Å². The molecule has 0 aliphatic carbocycles. The zero-order valence-electron chi connectivity index (χ0n) is 12.9. The van der Waals surface area contributed by atoms with E-state index in [0.717, 1.165) is 31.7 Å². The van der Waals surface area contributed by atoms with Crippen molar-refractivity contribution in [1.29, 1.82) is 0 Å². The first-order valence-corrected chi connectivity index (χ1v) is 7.46. The van der Waals surface area contributed by atoms with Crippen LogP contribution in [0.2, 0.25) is 0 Å². The Morgan fingerprint density at radius 3 is 2.30 bits per heavy atom. The zero-order valence-corrected chi connectivity index (χ0v) is 12.9. The van der Waals surface area contributed by atoms with E-state index in [1.807, 2.05) is 7.05 Å². The smallest absolute Gasteiger partial charge is 0.341 e. The fourth-order valence-corrected chi connectivity index (χ4v) is 3.41. The van der Waals surface area contributed by atoms with Gasteiger partial charge in [0.1, 0.15) is 11.4 Å². The number of hydrogen-bond donors (Lipinski definition) is 1. The van der Waals surface area contributed by atoms with Crippen molar-refractivity contribution in [3.05, 3.63) is 11.3 Å². The molecule has 0 spiro atoms. The Morgan fingerprint density at radius 2 is 1.85 bits per heavy atom. The Labute approximate surface area is 120 Å². The molecule has 1 saturated heterocycles. The van der Waals surface area contributed by atoms with Gasteiger partial charge in [-0.2, -0.15) is 5.10 Å². The van der Waals surface area contributed by atoms with Crippen molar-refractivity contribution >= 4 is 11.8 Å². The largest absolute Gasteiger partial charge is 0.477 e. The SMILES string of the molecule is CCC1(CC)CCN(c2c(C(=O)O)c(C)nn2C)CC1. The van der Waals surface area contributed by atoms with E-state index in [1.165, 1.54) is 12.8 Å². The van der Waals surface area contributed by atoms with Crippen LogP contribution in [0.4, 0.5) is 5.82 Å². The summed E-state index contributed by atoms with van der Waals surface area (Å²) in [6.45, 7) is 8.12. The van der Waals surface area contributed by atoms with Gasteiger partial charge in [0.15, 0.2) is 0 Å². The number of carbonyl (C=O) groups is 1. The van der Waals surface area contributed by atoms with Crippen LogP contribution < -0.4 is 4.90 Å². The van der Waals surface area contributed by atoms with Gasteiger partial charge in [-0.1, -0.05) is 26.7 Å². The first kappa shape index (κ1) is 14.9. The summed E-state index contributed by atoms with van der Waals surface area (Å²) in [4.78, 5) is 13.6. The van der Waals surface area contributed by atoms with Gasteiger partial charge in [-0.15, -0.1) is 0 Å². The minimum Gasteiger partial charge on any atom is -0.477 e. The molecular formula is C15H25N3O2. The molecule has 1 fully saturated rings. The minimum absolute atomic E-state index is 0.355. The zero-order chi connectivity index (χ0) is 14.9. The van der Waals surface area contributed by atoms with E-state index < -0.39 is 5.97 Å². The fourth-order valence-electron chi connectivity index (χ4n) is 3.41. The van der Waals surface area contributed by atoms with Gasteiger partial charge in [-0.3, -0.25) is 4.68 Å². The average molecular weight is 279 g/mol. The van der Waals surface area contributed by atoms with E-state index in [4.69, 9.17) is 0 Å². The number of aromatic carboxylic acids is 1. The van der Waals surface area contributed by atoms with E-state index in [-0.39, 0.29) is 0 Å². The number of aromatic nitrogens is 2. The number of carboxylic acids is 1. The molecule has 2 rings (SSSR count). The maximum atomic E-state index is 11.5. The molecule has 1 aromatic heterocycles. The van der Waals surface area contributed by atoms with Gasteiger partial charge in [-0.05, 0) is 25.2 Å². The predicted molar refractivity (Wildman–Crippen MR) is 79.4 cm³/mol. The van der Waals surface area contributed by atoms with Crippen LogP contribution in [0.15, 0.2) is 0 Å². The Bertz CT molecular complexity index is 493. The number of anilines is 1. The molecule has 1 aliphatic heterocycles. The molecule has 2 heterocycles. The lowest BCUT2D eigenvalue weighted by Crippen LogP contribution is -2.41. The quantitative estimate of drug-likeness (QED) is 0.920. The number of carboxylic acid groups (broad SMARTS) is 1. The summed E-state index contributed by atoms with van der Waals surface area (Å²) in [6.07, 6.45) is 4.66. The first-order valence-electron chi connectivity index (χ1n) is 7.46. The van der Waals surface area contributed by atoms with E-state index in [9.17, 15) is 9.90 Å². The first-order chi connectivity index (χ1) is 9.44. The normalized spacial score (nSPS) is 18.3.